The number of nitrogens with zero attached hydrogens (tertiary/aromatic N) is 3. The maximum Gasteiger partial charge on any atom is 0.240 e. The zero-order valence-electron chi connectivity index (χ0n) is 13.4. The van der Waals surface area contributed by atoms with Gasteiger partial charge >= 0.3 is 0 Å². The molecule has 122 valence electrons. The smallest absolute Gasteiger partial charge is 0.240 e. The van der Waals surface area contributed by atoms with Crippen molar-refractivity contribution >= 4 is 0 Å². The Labute approximate surface area is 136 Å². The monoisotopic (exact) mass is 313 g/mol. The summed E-state index contributed by atoms with van der Waals surface area (Å²) in [5.41, 5.74) is 1.47. The van der Waals surface area contributed by atoms with Crippen LogP contribution in [-0.2, 0) is 11.3 Å². The molecule has 0 unspecified atom stereocenters. The molecule has 5 heteroatoms. The molecular weight excluding hydrogens is 290 g/mol. The fourth-order valence-electron chi connectivity index (χ4n) is 3.58. The molecule has 1 aromatic carbocycles. The van der Waals surface area contributed by atoms with Gasteiger partial charge in [0.05, 0.1) is 13.2 Å². The third-order valence-electron chi connectivity index (χ3n) is 5.00. The van der Waals surface area contributed by atoms with Crippen LogP contribution in [0.25, 0.3) is 0 Å². The van der Waals surface area contributed by atoms with Crippen molar-refractivity contribution in [2.75, 3.05) is 26.3 Å². The zero-order chi connectivity index (χ0) is 15.5. The number of hydrogen-bond donors (Lipinski definition) is 0. The number of likely N-dealkylation sites (tertiary alicyclic amines) is 1. The Morgan fingerprint density at radius 3 is 2.61 bits per heavy atom. The predicted molar refractivity (Wildman–Crippen MR) is 86.2 cm³/mol. The van der Waals surface area contributed by atoms with E-state index in [1.165, 1.54) is 18.4 Å². The van der Waals surface area contributed by atoms with Crippen LogP contribution in [0.4, 0.5) is 0 Å². The molecule has 2 fully saturated rings. The van der Waals surface area contributed by atoms with Gasteiger partial charge in [0, 0.05) is 12.5 Å². The number of benzene rings is 1. The number of ether oxygens (including phenoxy) is 1. The van der Waals surface area contributed by atoms with Crippen LogP contribution in [0, 0.1) is 0 Å². The van der Waals surface area contributed by atoms with Crippen LogP contribution in [0.3, 0.4) is 0 Å². The normalized spacial score (nSPS) is 23.4. The van der Waals surface area contributed by atoms with Crippen molar-refractivity contribution in [2.45, 2.75) is 37.6 Å². The Balaban J connectivity index is 1.31. The molecule has 2 saturated heterocycles. The molecule has 4 rings (SSSR count). The summed E-state index contributed by atoms with van der Waals surface area (Å²) in [6.45, 7) is 4.47. The number of aromatic nitrogens is 2. The lowest BCUT2D eigenvalue weighted by Gasteiger charge is -2.31. The van der Waals surface area contributed by atoms with Crippen molar-refractivity contribution in [3.63, 3.8) is 0 Å². The Hall–Kier alpha value is -1.72. The van der Waals surface area contributed by atoms with E-state index in [-0.39, 0.29) is 0 Å². The second-order valence-electron chi connectivity index (χ2n) is 6.57. The van der Waals surface area contributed by atoms with Gasteiger partial charge in [0.2, 0.25) is 5.89 Å². The Morgan fingerprint density at radius 1 is 1.04 bits per heavy atom. The number of hydrogen-bond acceptors (Lipinski definition) is 5. The maximum absolute atomic E-state index is 5.43. The highest BCUT2D eigenvalue weighted by molar-refractivity contribution is 5.20. The standard InChI is InChI=1S/C18H23N3O2/c1-2-4-14(5-3-1)15-6-9-21(10-7-15)12-17-19-18(20-23-17)16-8-11-22-13-16/h1-5,15-16H,6-13H2/t16-/m0/s1. The third-order valence-corrected chi connectivity index (χ3v) is 5.00. The molecule has 3 heterocycles. The van der Waals surface area contributed by atoms with Crippen LogP contribution in [0.15, 0.2) is 34.9 Å². The van der Waals surface area contributed by atoms with Crippen LogP contribution in [0.1, 0.15) is 48.4 Å². The van der Waals surface area contributed by atoms with E-state index in [0.29, 0.717) is 11.8 Å². The molecule has 0 amide bonds. The maximum atomic E-state index is 5.43. The van der Waals surface area contributed by atoms with E-state index in [2.05, 4.69) is 45.4 Å². The molecule has 0 N–H and O–H groups in total. The van der Waals surface area contributed by atoms with Crippen molar-refractivity contribution in [3.8, 4) is 0 Å². The van der Waals surface area contributed by atoms with E-state index in [1.807, 2.05) is 0 Å². The van der Waals surface area contributed by atoms with Gasteiger partial charge in [0.25, 0.3) is 0 Å². The van der Waals surface area contributed by atoms with Gasteiger partial charge in [-0.05, 0) is 43.8 Å². The summed E-state index contributed by atoms with van der Waals surface area (Å²) in [5.74, 6) is 2.55. The molecule has 23 heavy (non-hydrogen) atoms. The lowest BCUT2D eigenvalue weighted by molar-refractivity contribution is 0.180. The molecule has 0 saturated carbocycles. The largest absolute Gasteiger partial charge is 0.381 e. The van der Waals surface area contributed by atoms with Crippen molar-refractivity contribution in [2.24, 2.45) is 0 Å². The summed E-state index contributed by atoms with van der Waals surface area (Å²) in [6, 6.07) is 10.8. The highest BCUT2D eigenvalue weighted by atomic mass is 16.5. The minimum atomic E-state index is 0.316. The van der Waals surface area contributed by atoms with Crippen LogP contribution >= 0.6 is 0 Å². The summed E-state index contributed by atoms with van der Waals surface area (Å²) >= 11 is 0. The van der Waals surface area contributed by atoms with Gasteiger partial charge in [-0.25, -0.2) is 0 Å². The fourth-order valence-corrected chi connectivity index (χ4v) is 3.58. The summed E-state index contributed by atoms with van der Waals surface area (Å²) in [7, 11) is 0. The Bertz CT molecular complexity index is 614. The molecule has 5 nitrogen and oxygen atoms in total. The van der Waals surface area contributed by atoms with Crippen molar-refractivity contribution in [3.05, 3.63) is 47.6 Å². The molecular formula is C18H23N3O2. The van der Waals surface area contributed by atoms with E-state index >= 15 is 0 Å². The van der Waals surface area contributed by atoms with Gasteiger partial charge < -0.3 is 9.26 Å². The first-order chi connectivity index (χ1) is 11.4. The Morgan fingerprint density at radius 2 is 1.87 bits per heavy atom. The van der Waals surface area contributed by atoms with E-state index in [9.17, 15) is 0 Å². The van der Waals surface area contributed by atoms with Gasteiger partial charge in [0.15, 0.2) is 5.82 Å². The zero-order valence-corrected chi connectivity index (χ0v) is 13.4. The number of piperidine rings is 1. The summed E-state index contributed by atoms with van der Waals surface area (Å²) in [6.07, 6.45) is 3.39. The molecule has 2 aliphatic rings. The first-order valence-electron chi connectivity index (χ1n) is 8.56. The molecule has 1 aromatic heterocycles. The molecule has 0 bridgehead atoms. The van der Waals surface area contributed by atoms with E-state index in [0.717, 1.165) is 51.0 Å². The van der Waals surface area contributed by atoms with E-state index in [4.69, 9.17) is 9.26 Å². The van der Waals surface area contributed by atoms with Gasteiger partial charge in [-0.15, -0.1) is 0 Å². The molecule has 0 radical (unpaired) electrons. The fraction of sp³-hybridized carbons (Fsp3) is 0.556. The van der Waals surface area contributed by atoms with Crippen molar-refractivity contribution in [1.29, 1.82) is 0 Å². The molecule has 1 atom stereocenters. The first kappa shape index (κ1) is 14.8. The lowest BCUT2D eigenvalue weighted by atomic mass is 9.89. The van der Waals surface area contributed by atoms with Crippen LogP contribution in [-0.4, -0.2) is 41.3 Å². The van der Waals surface area contributed by atoms with E-state index in [1.54, 1.807) is 0 Å². The molecule has 2 aliphatic heterocycles. The SMILES string of the molecule is c1ccc(C2CCN(Cc3nc([C@H]4CCOC4)no3)CC2)cc1. The predicted octanol–water partition coefficient (Wildman–Crippen LogP) is 2.95. The van der Waals surface area contributed by atoms with Crippen LogP contribution in [0.5, 0.6) is 0 Å². The molecule has 0 aliphatic carbocycles. The van der Waals surface area contributed by atoms with Gasteiger partial charge in [-0.3, -0.25) is 4.90 Å². The summed E-state index contributed by atoms with van der Waals surface area (Å²) in [4.78, 5) is 6.98. The second kappa shape index (κ2) is 6.81. The highest BCUT2D eigenvalue weighted by Crippen LogP contribution is 2.28. The average Bonchev–Trinajstić information content (AvgIpc) is 3.28. The lowest BCUT2D eigenvalue weighted by Crippen LogP contribution is -2.32. The first-order valence-corrected chi connectivity index (χ1v) is 8.56. The number of rotatable bonds is 4. The topological polar surface area (TPSA) is 51.4 Å². The minimum Gasteiger partial charge on any atom is -0.381 e. The quantitative estimate of drug-likeness (QED) is 0.868. The van der Waals surface area contributed by atoms with Crippen molar-refractivity contribution in [1.82, 2.24) is 15.0 Å². The minimum absolute atomic E-state index is 0.316. The molecule has 2 aromatic rings. The van der Waals surface area contributed by atoms with Crippen molar-refractivity contribution < 1.29 is 9.26 Å². The Kier molecular flexibility index (Phi) is 4.39. The van der Waals surface area contributed by atoms with Gasteiger partial charge in [-0.2, -0.15) is 4.98 Å². The van der Waals surface area contributed by atoms with Gasteiger partial charge in [-0.1, -0.05) is 35.5 Å². The van der Waals surface area contributed by atoms with E-state index < -0.39 is 0 Å². The molecule has 0 spiro atoms. The van der Waals surface area contributed by atoms with Gasteiger partial charge in [0.1, 0.15) is 0 Å². The van der Waals surface area contributed by atoms with Crippen LogP contribution in [0.2, 0.25) is 0 Å². The highest BCUT2D eigenvalue weighted by Gasteiger charge is 2.25. The second-order valence-corrected chi connectivity index (χ2v) is 6.57. The summed E-state index contributed by atoms with van der Waals surface area (Å²) in [5, 5.41) is 4.13. The summed E-state index contributed by atoms with van der Waals surface area (Å²) < 4.78 is 10.8. The average molecular weight is 313 g/mol. The third kappa shape index (κ3) is 3.46. The van der Waals surface area contributed by atoms with Crippen LogP contribution < -0.4 is 0 Å².